The minimum Gasteiger partial charge on any atom is -0.354 e. The smallest absolute Gasteiger partial charge is 0.237 e. The summed E-state index contributed by atoms with van der Waals surface area (Å²) in [7, 11) is 0. The van der Waals surface area contributed by atoms with Crippen molar-refractivity contribution in [2.24, 2.45) is 5.92 Å². The summed E-state index contributed by atoms with van der Waals surface area (Å²) < 4.78 is 0. The van der Waals surface area contributed by atoms with Crippen molar-refractivity contribution in [1.29, 1.82) is 0 Å². The monoisotopic (exact) mass is 462 g/mol. The van der Waals surface area contributed by atoms with Crippen LogP contribution in [0.4, 0.5) is 0 Å². The van der Waals surface area contributed by atoms with Gasteiger partial charge >= 0.3 is 0 Å². The highest BCUT2D eigenvalue weighted by atomic mass is 16.2. The number of rotatable bonds is 9. The van der Waals surface area contributed by atoms with Gasteiger partial charge in [-0.2, -0.15) is 0 Å². The van der Waals surface area contributed by atoms with E-state index in [4.69, 9.17) is 0 Å². The molecule has 6 heteroatoms. The van der Waals surface area contributed by atoms with Gasteiger partial charge in [-0.3, -0.25) is 19.5 Å². The number of pyridine rings is 1. The Balaban J connectivity index is 1.35. The molecule has 6 nitrogen and oxygen atoms in total. The molecule has 1 saturated heterocycles. The van der Waals surface area contributed by atoms with Crippen LogP contribution in [0.1, 0.15) is 56.2 Å². The van der Waals surface area contributed by atoms with Crippen LogP contribution >= 0.6 is 0 Å². The van der Waals surface area contributed by atoms with Crippen LogP contribution in [0.5, 0.6) is 0 Å². The minimum absolute atomic E-state index is 0.0896. The maximum absolute atomic E-state index is 13.3. The zero-order chi connectivity index (χ0) is 23.8. The Bertz CT molecular complexity index is 907. The van der Waals surface area contributed by atoms with Crippen molar-refractivity contribution in [3.05, 3.63) is 66.0 Å². The van der Waals surface area contributed by atoms with Crippen LogP contribution in [0.25, 0.3) is 0 Å². The molecular weight excluding hydrogens is 424 g/mol. The zero-order valence-corrected chi connectivity index (χ0v) is 20.4. The summed E-state index contributed by atoms with van der Waals surface area (Å²) in [5, 5.41) is 3.19. The van der Waals surface area contributed by atoms with E-state index in [1.807, 2.05) is 53.4 Å². The number of benzene rings is 1. The third-order valence-electron chi connectivity index (χ3n) is 7.45. The van der Waals surface area contributed by atoms with Gasteiger partial charge in [0.2, 0.25) is 11.8 Å². The molecule has 1 aliphatic heterocycles. The Labute approximate surface area is 203 Å². The highest BCUT2D eigenvalue weighted by Gasteiger charge is 2.37. The van der Waals surface area contributed by atoms with Crippen molar-refractivity contribution < 1.29 is 9.59 Å². The molecule has 1 saturated carbocycles. The third-order valence-corrected chi connectivity index (χ3v) is 7.45. The summed E-state index contributed by atoms with van der Waals surface area (Å²) >= 11 is 0. The quantitative estimate of drug-likeness (QED) is 0.618. The van der Waals surface area contributed by atoms with Gasteiger partial charge in [-0.05, 0) is 42.9 Å². The molecule has 182 valence electrons. The number of nitrogens with one attached hydrogen (secondary N) is 1. The molecule has 4 rings (SSSR count). The molecule has 2 aliphatic rings. The van der Waals surface area contributed by atoms with E-state index in [-0.39, 0.29) is 23.8 Å². The van der Waals surface area contributed by atoms with Crippen molar-refractivity contribution in [2.75, 3.05) is 32.7 Å². The van der Waals surface area contributed by atoms with E-state index >= 15 is 0 Å². The maximum Gasteiger partial charge on any atom is 0.237 e. The predicted octanol–water partition coefficient (Wildman–Crippen LogP) is 3.64. The SMILES string of the molecule is CC[C@@H](C(=O)N1CCN([C@H](C(=O)NCCc2ccccn2)C2CCCC2)CC1)c1ccccc1. The highest BCUT2D eigenvalue weighted by Crippen LogP contribution is 2.31. The lowest BCUT2D eigenvalue weighted by molar-refractivity contribution is -0.136. The van der Waals surface area contributed by atoms with Gasteiger partial charge in [-0.15, -0.1) is 0 Å². The Morgan fingerprint density at radius 3 is 2.35 bits per heavy atom. The first kappa shape index (κ1) is 24.4. The average Bonchev–Trinajstić information content (AvgIpc) is 3.41. The van der Waals surface area contributed by atoms with Gasteiger partial charge < -0.3 is 10.2 Å². The summed E-state index contributed by atoms with van der Waals surface area (Å²) in [4.78, 5) is 35.3. The Kier molecular flexibility index (Phi) is 8.69. The second kappa shape index (κ2) is 12.1. The lowest BCUT2D eigenvalue weighted by atomic mass is 9.93. The molecule has 1 aromatic carbocycles. The first-order valence-electron chi connectivity index (χ1n) is 12.9. The van der Waals surface area contributed by atoms with Gasteiger partial charge in [0.1, 0.15) is 0 Å². The van der Waals surface area contributed by atoms with E-state index in [1.54, 1.807) is 6.20 Å². The zero-order valence-electron chi connectivity index (χ0n) is 20.4. The number of hydrogen-bond acceptors (Lipinski definition) is 4. The molecule has 1 N–H and O–H groups in total. The number of piperazine rings is 1. The maximum atomic E-state index is 13.3. The van der Waals surface area contributed by atoms with Crippen LogP contribution in [0.3, 0.4) is 0 Å². The predicted molar refractivity (Wildman–Crippen MR) is 134 cm³/mol. The van der Waals surface area contributed by atoms with Crippen LogP contribution < -0.4 is 5.32 Å². The molecule has 2 atom stereocenters. The number of amides is 2. The summed E-state index contributed by atoms with van der Waals surface area (Å²) in [6.07, 6.45) is 7.97. The fourth-order valence-electron chi connectivity index (χ4n) is 5.59. The minimum atomic E-state index is -0.0976. The van der Waals surface area contributed by atoms with Crippen LogP contribution in [0, 0.1) is 5.92 Å². The van der Waals surface area contributed by atoms with Gasteiger partial charge in [0.15, 0.2) is 0 Å². The van der Waals surface area contributed by atoms with E-state index in [0.717, 1.165) is 50.0 Å². The van der Waals surface area contributed by atoms with E-state index in [0.29, 0.717) is 25.6 Å². The van der Waals surface area contributed by atoms with Crippen LogP contribution in [0.2, 0.25) is 0 Å². The molecule has 2 heterocycles. The number of nitrogens with zero attached hydrogens (tertiary/aromatic N) is 3. The largest absolute Gasteiger partial charge is 0.354 e. The number of carbonyl (C=O) groups excluding carboxylic acids is 2. The first-order chi connectivity index (χ1) is 16.7. The lowest BCUT2D eigenvalue weighted by Gasteiger charge is -2.41. The van der Waals surface area contributed by atoms with Crippen molar-refractivity contribution in [3.63, 3.8) is 0 Å². The molecule has 0 bridgehead atoms. The van der Waals surface area contributed by atoms with Gasteiger partial charge in [-0.1, -0.05) is 56.2 Å². The average molecular weight is 463 g/mol. The number of carbonyl (C=O) groups is 2. The van der Waals surface area contributed by atoms with E-state index < -0.39 is 0 Å². The molecule has 2 aromatic rings. The molecule has 0 radical (unpaired) electrons. The fourth-order valence-corrected chi connectivity index (χ4v) is 5.59. The Morgan fingerprint density at radius 1 is 1.00 bits per heavy atom. The highest BCUT2D eigenvalue weighted by molar-refractivity contribution is 5.84. The summed E-state index contributed by atoms with van der Waals surface area (Å²) in [6, 6.07) is 15.9. The van der Waals surface area contributed by atoms with Crippen molar-refractivity contribution in [2.45, 2.75) is 57.4 Å². The number of aromatic nitrogens is 1. The standard InChI is InChI=1S/C28H38N4O2/c1-2-25(22-10-4-3-5-11-22)28(34)32-20-18-31(19-21-32)26(23-12-6-7-13-23)27(33)30-17-15-24-14-8-9-16-29-24/h3-5,8-11,14,16,23,25-26H,2,6-7,12-13,15,17-21H2,1H3,(H,30,33)/t25-,26+/m1/s1. The number of hydrogen-bond donors (Lipinski definition) is 1. The van der Waals surface area contributed by atoms with Gasteiger partial charge in [0.25, 0.3) is 0 Å². The van der Waals surface area contributed by atoms with Gasteiger partial charge in [0, 0.05) is 51.0 Å². The molecule has 34 heavy (non-hydrogen) atoms. The van der Waals surface area contributed by atoms with Crippen molar-refractivity contribution in [3.8, 4) is 0 Å². The third kappa shape index (κ3) is 6.03. The molecular formula is C28H38N4O2. The molecule has 0 spiro atoms. The topological polar surface area (TPSA) is 65.5 Å². The molecule has 2 fully saturated rings. The molecule has 1 aliphatic carbocycles. The Morgan fingerprint density at radius 2 is 1.71 bits per heavy atom. The van der Waals surface area contributed by atoms with Gasteiger partial charge in [0.05, 0.1) is 12.0 Å². The fraction of sp³-hybridized carbons (Fsp3) is 0.536. The van der Waals surface area contributed by atoms with Crippen LogP contribution in [-0.2, 0) is 16.0 Å². The molecule has 0 unspecified atom stereocenters. The van der Waals surface area contributed by atoms with Crippen molar-refractivity contribution in [1.82, 2.24) is 20.1 Å². The molecule has 2 amide bonds. The summed E-state index contributed by atoms with van der Waals surface area (Å²) in [6.45, 7) is 5.57. The summed E-state index contributed by atoms with van der Waals surface area (Å²) in [5.74, 6) is 0.669. The van der Waals surface area contributed by atoms with Crippen molar-refractivity contribution >= 4 is 11.8 Å². The summed E-state index contributed by atoms with van der Waals surface area (Å²) in [5.41, 5.74) is 2.09. The van der Waals surface area contributed by atoms with E-state index in [1.165, 1.54) is 12.8 Å². The van der Waals surface area contributed by atoms with Crippen LogP contribution in [0.15, 0.2) is 54.7 Å². The normalized spacial score (nSPS) is 19.0. The second-order valence-corrected chi connectivity index (χ2v) is 9.58. The second-order valence-electron chi connectivity index (χ2n) is 9.58. The lowest BCUT2D eigenvalue weighted by Crippen LogP contribution is -2.58. The first-order valence-corrected chi connectivity index (χ1v) is 12.9. The van der Waals surface area contributed by atoms with E-state index in [9.17, 15) is 9.59 Å². The molecule has 1 aromatic heterocycles. The Hall–Kier alpha value is -2.73. The van der Waals surface area contributed by atoms with E-state index in [2.05, 4.69) is 22.1 Å². The van der Waals surface area contributed by atoms with Gasteiger partial charge in [-0.25, -0.2) is 0 Å². The van der Waals surface area contributed by atoms with Crippen LogP contribution in [-0.4, -0.2) is 65.4 Å².